The Kier molecular flexibility index (Phi) is 4.10. The average molecular weight is 329 g/mol. The summed E-state index contributed by atoms with van der Waals surface area (Å²) in [7, 11) is 4.07. The Labute approximate surface area is 141 Å². The zero-order valence-corrected chi connectivity index (χ0v) is 15.4. The number of fused-ring (bicyclic) bond motifs is 1. The van der Waals surface area contributed by atoms with Crippen molar-refractivity contribution in [1.29, 1.82) is 0 Å². The van der Waals surface area contributed by atoms with E-state index in [0.29, 0.717) is 5.92 Å². The van der Waals surface area contributed by atoms with E-state index in [4.69, 9.17) is 4.98 Å². The first-order valence-electron chi connectivity index (χ1n) is 7.82. The number of aromatic nitrogens is 4. The van der Waals surface area contributed by atoms with Gasteiger partial charge in [0, 0.05) is 32.4 Å². The molecular formula is C17H23N5S. The third-order valence-corrected chi connectivity index (χ3v) is 4.95. The number of thiophene rings is 1. The van der Waals surface area contributed by atoms with E-state index in [2.05, 4.69) is 54.4 Å². The summed E-state index contributed by atoms with van der Waals surface area (Å²) in [5.74, 6) is 2.23. The van der Waals surface area contributed by atoms with Crippen LogP contribution < -0.4 is 4.90 Å². The van der Waals surface area contributed by atoms with Crippen molar-refractivity contribution in [2.75, 3.05) is 11.9 Å². The number of hydrogen-bond acceptors (Lipinski definition) is 5. The van der Waals surface area contributed by atoms with Crippen molar-refractivity contribution in [3.05, 3.63) is 34.2 Å². The molecule has 122 valence electrons. The standard InChI is InChI=1S/C17H23N5S/c1-10(2)15-13(8-22(6)20-15)7-21(5)16-14-11(3)9-23-17(14)19-12(4)18-16/h8-10H,7H2,1-6H3. The van der Waals surface area contributed by atoms with Gasteiger partial charge in [0.2, 0.25) is 0 Å². The summed E-state index contributed by atoms with van der Waals surface area (Å²) in [6.07, 6.45) is 2.11. The Morgan fingerprint density at radius 2 is 2.00 bits per heavy atom. The van der Waals surface area contributed by atoms with Crippen molar-refractivity contribution in [3.63, 3.8) is 0 Å². The van der Waals surface area contributed by atoms with Crippen molar-refractivity contribution < 1.29 is 0 Å². The molecule has 0 unspecified atom stereocenters. The van der Waals surface area contributed by atoms with Gasteiger partial charge in [-0.3, -0.25) is 4.68 Å². The number of anilines is 1. The Bertz CT molecular complexity index is 846. The van der Waals surface area contributed by atoms with Crippen LogP contribution in [0.2, 0.25) is 0 Å². The lowest BCUT2D eigenvalue weighted by molar-refractivity contribution is 0.711. The highest BCUT2D eigenvalue weighted by Gasteiger charge is 2.17. The average Bonchev–Trinajstić information content (AvgIpc) is 3.01. The maximum absolute atomic E-state index is 4.71. The Morgan fingerprint density at radius 3 is 2.70 bits per heavy atom. The Balaban J connectivity index is 2.01. The van der Waals surface area contributed by atoms with Crippen LogP contribution >= 0.6 is 11.3 Å². The predicted octanol–water partition coefficient (Wildman–Crippen LogP) is 3.80. The molecule has 0 aromatic carbocycles. The summed E-state index contributed by atoms with van der Waals surface area (Å²) >= 11 is 1.68. The molecule has 0 aliphatic heterocycles. The van der Waals surface area contributed by atoms with Gasteiger partial charge in [0.1, 0.15) is 16.5 Å². The lowest BCUT2D eigenvalue weighted by Crippen LogP contribution is -2.19. The topological polar surface area (TPSA) is 46.8 Å². The zero-order chi connectivity index (χ0) is 16.7. The van der Waals surface area contributed by atoms with Gasteiger partial charge in [-0.2, -0.15) is 5.10 Å². The number of aryl methyl sites for hydroxylation is 3. The second-order valence-corrected chi connectivity index (χ2v) is 7.28. The molecule has 0 radical (unpaired) electrons. The third kappa shape index (κ3) is 2.95. The molecule has 0 N–H and O–H groups in total. The molecule has 3 rings (SSSR count). The molecule has 0 fully saturated rings. The van der Waals surface area contributed by atoms with Gasteiger partial charge >= 0.3 is 0 Å². The minimum Gasteiger partial charge on any atom is -0.355 e. The van der Waals surface area contributed by atoms with E-state index in [1.807, 2.05) is 18.7 Å². The van der Waals surface area contributed by atoms with E-state index in [1.54, 1.807) is 11.3 Å². The Morgan fingerprint density at radius 1 is 1.26 bits per heavy atom. The monoisotopic (exact) mass is 329 g/mol. The lowest BCUT2D eigenvalue weighted by Gasteiger charge is -2.20. The fraction of sp³-hybridized carbons (Fsp3) is 0.471. The van der Waals surface area contributed by atoms with Gasteiger partial charge in [-0.1, -0.05) is 13.8 Å². The van der Waals surface area contributed by atoms with Crippen LogP contribution in [0, 0.1) is 13.8 Å². The SMILES string of the molecule is Cc1nc(N(C)Cc2cn(C)nc2C(C)C)c2c(C)csc2n1. The first-order valence-corrected chi connectivity index (χ1v) is 8.70. The van der Waals surface area contributed by atoms with Crippen molar-refractivity contribution in [1.82, 2.24) is 19.7 Å². The molecule has 0 bridgehead atoms. The smallest absolute Gasteiger partial charge is 0.141 e. The van der Waals surface area contributed by atoms with Crippen LogP contribution in [0.25, 0.3) is 10.2 Å². The minimum absolute atomic E-state index is 0.412. The highest BCUT2D eigenvalue weighted by molar-refractivity contribution is 7.17. The van der Waals surface area contributed by atoms with Gasteiger partial charge < -0.3 is 4.90 Å². The largest absolute Gasteiger partial charge is 0.355 e. The molecule has 0 aliphatic carbocycles. The van der Waals surface area contributed by atoms with E-state index in [9.17, 15) is 0 Å². The summed E-state index contributed by atoms with van der Waals surface area (Å²) in [4.78, 5) is 12.5. The fourth-order valence-electron chi connectivity index (χ4n) is 2.94. The number of hydrogen-bond donors (Lipinski definition) is 0. The number of nitrogens with zero attached hydrogens (tertiary/aromatic N) is 5. The number of rotatable bonds is 4. The second kappa shape index (κ2) is 5.92. The van der Waals surface area contributed by atoms with Gasteiger partial charge in [0.25, 0.3) is 0 Å². The van der Waals surface area contributed by atoms with Gasteiger partial charge in [0.05, 0.1) is 11.1 Å². The second-order valence-electron chi connectivity index (χ2n) is 6.42. The van der Waals surface area contributed by atoms with E-state index in [0.717, 1.165) is 34.1 Å². The van der Waals surface area contributed by atoms with Crippen LogP contribution in [0.3, 0.4) is 0 Å². The van der Waals surface area contributed by atoms with Gasteiger partial charge in [-0.15, -0.1) is 11.3 Å². The molecule has 0 spiro atoms. The molecule has 3 heterocycles. The maximum Gasteiger partial charge on any atom is 0.141 e. The van der Waals surface area contributed by atoms with Crippen LogP contribution in [0.5, 0.6) is 0 Å². The molecule has 0 saturated carbocycles. The van der Waals surface area contributed by atoms with Gasteiger partial charge in [-0.05, 0) is 30.7 Å². The molecule has 5 nitrogen and oxygen atoms in total. The molecule has 6 heteroatoms. The Hall–Kier alpha value is -1.95. The molecule has 23 heavy (non-hydrogen) atoms. The molecule has 0 atom stereocenters. The molecule has 0 aliphatic rings. The van der Waals surface area contributed by atoms with Crippen LogP contribution in [0.1, 0.15) is 42.4 Å². The maximum atomic E-state index is 4.71. The summed E-state index contributed by atoms with van der Waals surface area (Å²) in [5, 5.41) is 7.92. The summed E-state index contributed by atoms with van der Waals surface area (Å²) in [6.45, 7) is 9.24. The first-order chi connectivity index (χ1) is 10.9. The summed E-state index contributed by atoms with van der Waals surface area (Å²) in [6, 6.07) is 0. The van der Waals surface area contributed by atoms with E-state index >= 15 is 0 Å². The van der Waals surface area contributed by atoms with E-state index in [-0.39, 0.29) is 0 Å². The fourth-order valence-corrected chi connectivity index (χ4v) is 3.90. The van der Waals surface area contributed by atoms with Gasteiger partial charge in [-0.25, -0.2) is 9.97 Å². The third-order valence-electron chi connectivity index (χ3n) is 3.96. The van der Waals surface area contributed by atoms with E-state index < -0.39 is 0 Å². The van der Waals surface area contributed by atoms with E-state index in [1.165, 1.54) is 11.1 Å². The highest BCUT2D eigenvalue weighted by Crippen LogP contribution is 2.32. The highest BCUT2D eigenvalue weighted by atomic mass is 32.1. The lowest BCUT2D eigenvalue weighted by atomic mass is 10.1. The van der Waals surface area contributed by atoms with Crippen molar-refractivity contribution in [2.45, 2.75) is 40.2 Å². The van der Waals surface area contributed by atoms with Crippen LogP contribution in [0.4, 0.5) is 5.82 Å². The summed E-state index contributed by atoms with van der Waals surface area (Å²) < 4.78 is 1.90. The minimum atomic E-state index is 0.412. The molecular weight excluding hydrogens is 306 g/mol. The molecule has 3 aromatic heterocycles. The quantitative estimate of drug-likeness (QED) is 0.730. The molecule has 0 saturated heterocycles. The van der Waals surface area contributed by atoms with Crippen LogP contribution in [-0.4, -0.2) is 26.8 Å². The normalized spacial score (nSPS) is 11.6. The zero-order valence-electron chi connectivity index (χ0n) is 14.6. The van der Waals surface area contributed by atoms with Crippen LogP contribution in [0.15, 0.2) is 11.6 Å². The molecule has 3 aromatic rings. The van der Waals surface area contributed by atoms with Crippen molar-refractivity contribution in [2.24, 2.45) is 7.05 Å². The van der Waals surface area contributed by atoms with Crippen LogP contribution in [-0.2, 0) is 13.6 Å². The van der Waals surface area contributed by atoms with Crippen molar-refractivity contribution in [3.8, 4) is 0 Å². The van der Waals surface area contributed by atoms with Crippen molar-refractivity contribution >= 4 is 27.4 Å². The summed E-state index contributed by atoms with van der Waals surface area (Å²) in [5.41, 5.74) is 3.65. The predicted molar refractivity (Wildman–Crippen MR) is 96.3 cm³/mol. The van der Waals surface area contributed by atoms with Gasteiger partial charge in [0.15, 0.2) is 0 Å². The molecule has 0 amide bonds. The first kappa shape index (κ1) is 15.9.